The fraction of sp³-hybridized carbons (Fsp3) is 0.889. The van der Waals surface area contributed by atoms with Crippen molar-refractivity contribution >= 4 is 36.6 Å². The summed E-state index contributed by atoms with van der Waals surface area (Å²) in [6.45, 7) is 5.00. The molecule has 1 N–H and O–H groups in total. The Hall–Kier alpha value is -0.560. The topological polar surface area (TPSA) is 55.9 Å². The standard InChI is InChI=1S/C18H32N4O2.2ClH/c1-20(2)9-10-22-13-15(11-17(22)23)18(24)21-7-5-16(6-8-21)19-12-14-3-4-14;;/h14-16,19H,3-13H2,1-2H3;2*1H. The normalized spacial score (nSPS) is 23.8. The highest BCUT2D eigenvalue weighted by Crippen LogP contribution is 2.28. The van der Waals surface area contributed by atoms with Crippen LogP contribution in [0.4, 0.5) is 0 Å². The predicted octanol–water partition coefficient (Wildman–Crippen LogP) is 1.23. The minimum absolute atomic E-state index is 0. The quantitative estimate of drug-likeness (QED) is 0.688. The molecule has 8 heteroatoms. The van der Waals surface area contributed by atoms with Crippen LogP contribution in [0, 0.1) is 11.8 Å². The number of likely N-dealkylation sites (N-methyl/N-ethyl adjacent to an activating group) is 1. The Bertz CT molecular complexity index is 466. The van der Waals surface area contributed by atoms with Gasteiger partial charge in [-0.3, -0.25) is 9.59 Å². The van der Waals surface area contributed by atoms with Gasteiger partial charge in [-0.2, -0.15) is 0 Å². The van der Waals surface area contributed by atoms with E-state index in [-0.39, 0.29) is 42.5 Å². The van der Waals surface area contributed by atoms with Crippen LogP contribution in [0.15, 0.2) is 0 Å². The van der Waals surface area contributed by atoms with E-state index in [2.05, 4.69) is 10.2 Å². The van der Waals surface area contributed by atoms with E-state index in [0.717, 1.165) is 51.5 Å². The van der Waals surface area contributed by atoms with E-state index < -0.39 is 0 Å². The van der Waals surface area contributed by atoms with Crippen molar-refractivity contribution in [3.8, 4) is 0 Å². The van der Waals surface area contributed by atoms with Crippen LogP contribution < -0.4 is 5.32 Å². The number of halogens is 2. The maximum absolute atomic E-state index is 12.7. The minimum atomic E-state index is -0.129. The molecule has 1 atom stereocenters. The van der Waals surface area contributed by atoms with Gasteiger partial charge >= 0.3 is 0 Å². The Morgan fingerprint density at radius 1 is 1.15 bits per heavy atom. The molecule has 0 aromatic rings. The average Bonchev–Trinajstić information content (AvgIpc) is 3.32. The molecule has 0 bridgehead atoms. The van der Waals surface area contributed by atoms with Gasteiger partial charge in [-0.15, -0.1) is 24.8 Å². The monoisotopic (exact) mass is 408 g/mol. The maximum Gasteiger partial charge on any atom is 0.227 e. The fourth-order valence-corrected chi connectivity index (χ4v) is 3.69. The first-order chi connectivity index (χ1) is 11.5. The average molecular weight is 409 g/mol. The van der Waals surface area contributed by atoms with E-state index >= 15 is 0 Å². The second kappa shape index (κ2) is 10.7. The summed E-state index contributed by atoms with van der Waals surface area (Å²) >= 11 is 0. The number of rotatable bonds is 7. The van der Waals surface area contributed by atoms with Gasteiger partial charge in [0.05, 0.1) is 5.92 Å². The first-order valence-electron chi connectivity index (χ1n) is 9.47. The smallest absolute Gasteiger partial charge is 0.227 e. The summed E-state index contributed by atoms with van der Waals surface area (Å²) < 4.78 is 0. The second-order valence-electron chi connectivity index (χ2n) is 8.00. The number of amides is 2. The van der Waals surface area contributed by atoms with Crippen LogP contribution in [0.1, 0.15) is 32.1 Å². The van der Waals surface area contributed by atoms with Crippen LogP contribution in [0.3, 0.4) is 0 Å². The Labute approximate surface area is 169 Å². The molecule has 26 heavy (non-hydrogen) atoms. The van der Waals surface area contributed by atoms with Gasteiger partial charge in [0, 0.05) is 45.2 Å². The molecule has 2 saturated heterocycles. The van der Waals surface area contributed by atoms with E-state index in [1.807, 2.05) is 23.9 Å². The largest absolute Gasteiger partial charge is 0.342 e. The van der Waals surface area contributed by atoms with E-state index in [9.17, 15) is 9.59 Å². The number of carbonyl (C=O) groups excluding carboxylic acids is 2. The molecular weight excluding hydrogens is 375 g/mol. The first kappa shape index (κ1) is 23.5. The fourth-order valence-electron chi connectivity index (χ4n) is 3.69. The second-order valence-corrected chi connectivity index (χ2v) is 8.00. The zero-order valence-corrected chi connectivity index (χ0v) is 17.6. The Morgan fingerprint density at radius 3 is 2.38 bits per heavy atom. The summed E-state index contributed by atoms with van der Waals surface area (Å²) in [5.74, 6) is 1.10. The maximum atomic E-state index is 12.7. The molecule has 2 aliphatic heterocycles. The van der Waals surface area contributed by atoms with Gasteiger partial charge in [-0.05, 0) is 52.2 Å². The van der Waals surface area contributed by atoms with Crippen molar-refractivity contribution in [2.45, 2.75) is 38.1 Å². The van der Waals surface area contributed by atoms with Crippen molar-refractivity contribution in [1.82, 2.24) is 20.0 Å². The van der Waals surface area contributed by atoms with Crippen LogP contribution in [0.25, 0.3) is 0 Å². The molecule has 2 amide bonds. The number of carbonyl (C=O) groups is 2. The van der Waals surface area contributed by atoms with Gasteiger partial charge in [-0.1, -0.05) is 0 Å². The number of likely N-dealkylation sites (tertiary alicyclic amines) is 2. The number of hydrogen-bond donors (Lipinski definition) is 1. The number of hydrogen-bond acceptors (Lipinski definition) is 4. The Kier molecular flexibility index (Phi) is 9.65. The molecule has 1 unspecified atom stereocenters. The van der Waals surface area contributed by atoms with Crippen LogP contribution in [-0.4, -0.2) is 85.9 Å². The van der Waals surface area contributed by atoms with Gasteiger partial charge in [0.15, 0.2) is 0 Å². The van der Waals surface area contributed by atoms with Crippen molar-refractivity contribution in [3.05, 3.63) is 0 Å². The summed E-state index contributed by atoms with van der Waals surface area (Å²) in [6.07, 6.45) is 5.24. The molecule has 3 fully saturated rings. The van der Waals surface area contributed by atoms with Gasteiger partial charge in [0.1, 0.15) is 0 Å². The molecule has 0 aromatic carbocycles. The van der Waals surface area contributed by atoms with Crippen molar-refractivity contribution in [2.24, 2.45) is 11.8 Å². The summed E-state index contributed by atoms with van der Waals surface area (Å²) in [4.78, 5) is 30.8. The van der Waals surface area contributed by atoms with Crippen molar-refractivity contribution in [1.29, 1.82) is 0 Å². The third kappa shape index (κ3) is 6.55. The Balaban J connectivity index is 0.00000169. The molecule has 3 rings (SSSR count). The lowest BCUT2D eigenvalue weighted by molar-refractivity contribution is -0.136. The highest BCUT2D eigenvalue weighted by atomic mass is 35.5. The predicted molar refractivity (Wildman–Crippen MR) is 108 cm³/mol. The summed E-state index contributed by atoms with van der Waals surface area (Å²) in [5.41, 5.74) is 0. The van der Waals surface area contributed by atoms with Crippen molar-refractivity contribution in [3.63, 3.8) is 0 Å². The Morgan fingerprint density at radius 2 is 1.81 bits per heavy atom. The highest BCUT2D eigenvalue weighted by Gasteiger charge is 2.37. The molecule has 6 nitrogen and oxygen atoms in total. The lowest BCUT2D eigenvalue weighted by Crippen LogP contribution is -2.47. The summed E-state index contributed by atoms with van der Waals surface area (Å²) in [6, 6.07) is 0.566. The molecule has 152 valence electrons. The molecule has 0 radical (unpaired) electrons. The highest BCUT2D eigenvalue weighted by molar-refractivity contribution is 5.89. The molecule has 0 spiro atoms. The molecule has 1 aliphatic carbocycles. The van der Waals surface area contributed by atoms with Crippen LogP contribution in [0.5, 0.6) is 0 Å². The van der Waals surface area contributed by atoms with E-state index in [4.69, 9.17) is 0 Å². The van der Waals surface area contributed by atoms with Crippen molar-refractivity contribution < 1.29 is 9.59 Å². The third-order valence-electron chi connectivity index (χ3n) is 5.58. The van der Waals surface area contributed by atoms with E-state index in [0.29, 0.717) is 19.0 Å². The van der Waals surface area contributed by atoms with Gasteiger partial charge in [0.25, 0.3) is 0 Å². The van der Waals surface area contributed by atoms with Gasteiger partial charge < -0.3 is 20.0 Å². The lowest BCUT2D eigenvalue weighted by atomic mass is 10.0. The molecular formula is C18H34Cl2N4O2. The van der Waals surface area contributed by atoms with E-state index in [1.54, 1.807) is 0 Å². The van der Waals surface area contributed by atoms with E-state index in [1.165, 1.54) is 12.8 Å². The van der Waals surface area contributed by atoms with Gasteiger partial charge in [0.2, 0.25) is 11.8 Å². The molecule has 3 aliphatic rings. The number of nitrogens with one attached hydrogen (secondary N) is 1. The summed E-state index contributed by atoms with van der Waals surface area (Å²) in [7, 11) is 4.01. The summed E-state index contributed by atoms with van der Waals surface area (Å²) in [5, 5.41) is 3.65. The van der Waals surface area contributed by atoms with Crippen LogP contribution in [-0.2, 0) is 9.59 Å². The lowest BCUT2D eigenvalue weighted by Gasteiger charge is -2.34. The zero-order valence-electron chi connectivity index (χ0n) is 16.0. The zero-order chi connectivity index (χ0) is 17.1. The van der Waals surface area contributed by atoms with Crippen molar-refractivity contribution in [2.75, 3.05) is 53.4 Å². The number of nitrogens with zero attached hydrogens (tertiary/aromatic N) is 3. The molecule has 0 aromatic heterocycles. The van der Waals surface area contributed by atoms with Crippen LogP contribution in [0.2, 0.25) is 0 Å². The van der Waals surface area contributed by atoms with Crippen LogP contribution >= 0.6 is 24.8 Å². The number of piperidine rings is 1. The third-order valence-corrected chi connectivity index (χ3v) is 5.58. The SMILES string of the molecule is CN(C)CCN1CC(C(=O)N2CCC(NCC3CC3)CC2)CC1=O.Cl.Cl. The van der Waals surface area contributed by atoms with Gasteiger partial charge in [-0.25, -0.2) is 0 Å². The minimum Gasteiger partial charge on any atom is -0.342 e. The first-order valence-corrected chi connectivity index (χ1v) is 9.47. The molecule has 1 saturated carbocycles. The molecule has 2 heterocycles.